The zero-order valence-corrected chi connectivity index (χ0v) is 9.21. The van der Waals surface area contributed by atoms with Gasteiger partial charge in [-0.05, 0) is 24.7 Å². The van der Waals surface area contributed by atoms with Gasteiger partial charge in [0.2, 0.25) is 0 Å². The third kappa shape index (κ3) is 3.56. The largest absolute Gasteiger partial charge is 0.395 e. The third-order valence-electron chi connectivity index (χ3n) is 3.40. The molecule has 0 aromatic rings. The fourth-order valence-electron chi connectivity index (χ4n) is 2.38. The van der Waals surface area contributed by atoms with Gasteiger partial charge in [0, 0.05) is 19.1 Å². The van der Waals surface area contributed by atoms with Crippen LogP contribution in [0, 0.1) is 11.8 Å². The Hall–Kier alpha value is -0.120. The predicted molar refractivity (Wildman–Crippen MR) is 59.1 cm³/mol. The van der Waals surface area contributed by atoms with E-state index in [0.29, 0.717) is 19.1 Å². The summed E-state index contributed by atoms with van der Waals surface area (Å²) in [5.74, 6) is 1.62. The van der Waals surface area contributed by atoms with E-state index >= 15 is 0 Å². The highest BCUT2D eigenvalue weighted by Crippen LogP contribution is 2.30. The Morgan fingerprint density at radius 2 is 2.00 bits per heavy atom. The summed E-state index contributed by atoms with van der Waals surface area (Å²) in [6.45, 7) is 3.90. The Bertz CT molecular complexity index is 141. The van der Waals surface area contributed by atoms with E-state index in [0.717, 1.165) is 11.8 Å². The van der Waals surface area contributed by atoms with Crippen LogP contribution in [0.1, 0.15) is 32.6 Å². The van der Waals surface area contributed by atoms with Crippen molar-refractivity contribution in [3.05, 3.63) is 0 Å². The molecule has 0 radical (unpaired) electrons. The quantitative estimate of drug-likeness (QED) is 0.613. The normalized spacial score (nSPS) is 30.2. The molecule has 1 unspecified atom stereocenters. The Kier molecular flexibility index (Phi) is 5.45. The average molecular weight is 200 g/mol. The molecule has 0 bridgehead atoms. The highest BCUT2D eigenvalue weighted by molar-refractivity contribution is 4.81. The molecule has 1 fully saturated rings. The van der Waals surface area contributed by atoms with Gasteiger partial charge >= 0.3 is 0 Å². The minimum Gasteiger partial charge on any atom is -0.395 e. The van der Waals surface area contributed by atoms with Crippen molar-refractivity contribution in [2.75, 3.05) is 19.7 Å². The molecule has 1 rings (SSSR count). The van der Waals surface area contributed by atoms with E-state index in [9.17, 15) is 0 Å². The van der Waals surface area contributed by atoms with E-state index in [1.807, 2.05) is 0 Å². The molecular formula is C11H24N2O. The molecule has 0 heterocycles. The van der Waals surface area contributed by atoms with Crippen LogP contribution in [0.5, 0.6) is 0 Å². The highest BCUT2D eigenvalue weighted by Gasteiger charge is 2.24. The second-order valence-electron chi connectivity index (χ2n) is 4.54. The van der Waals surface area contributed by atoms with Gasteiger partial charge in [-0.2, -0.15) is 0 Å². The molecule has 0 aromatic heterocycles. The van der Waals surface area contributed by atoms with Gasteiger partial charge in [0.1, 0.15) is 0 Å². The van der Waals surface area contributed by atoms with Crippen molar-refractivity contribution in [2.24, 2.45) is 17.6 Å². The van der Waals surface area contributed by atoms with E-state index in [1.165, 1.54) is 25.7 Å². The molecule has 1 atom stereocenters. The van der Waals surface area contributed by atoms with Crippen molar-refractivity contribution in [3.63, 3.8) is 0 Å². The van der Waals surface area contributed by atoms with Gasteiger partial charge in [-0.25, -0.2) is 0 Å². The van der Waals surface area contributed by atoms with Crippen molar-refractivity contribution in [1.29, 1.82) is 0 Å². The molecule has 4 N–H and O–H groups in total. The van der Waals surface area contributed by atoms with Crippen LogP contribution in [0.4, 0.5) is 0 Å². The maximum Gasteiger partial charge on any atom is 0.0556 e. The van der Waals surface area contributed by atoms with E-state index in [4.69, 9.17) is 10.8 Å². The van der Waals surface area contributed by atoms with E-state index in [-0.39, 0.29) is 6.61 Å². The monoisotopic (exact) mass is 200 g/mol. The van der Waals surface area contributed by atoms with Crippen molar-refractivity contribution in [1.82, 2.24) is 5.32 Å². The zero-order valence-electron chi connectivity index (χ0n) is 9.21. The first-order valence-corrected chi connectivity index (χ1v) is 5.82. The molecule has 3 nitrogen and oxygen atoms in total. The zero-order chi connectivity index (χ0) is 10.4. The second kappa shape index (κ2) is 6.38. The van der Waals surface area contributed by atoms with Crippen LogP contribution < -0.4 is 11.1 Å². The average Bonchev–Trinajstić information content (AvgIpc) is 2.21. The lowest BCUT2D eigenvalue weighted by molar-refractivity contribution is 0.217. The number of aliphatic hydroxyl groups excluding tert-OH is 1. The first kappa shape index (κ1) is 12.0. The Balaban J connectivity index is 2.29. The van der Waals surface area contributed by atoms with Crippen molar-refractivity contribution < 1.29 is 5.11 Å². The number of rotatable bonds is 5. The fraction of sp³-hybridized carbons (Fsp3) is 1.00. The molecule has 0 spiro atoms. The first-order valence-electron chi connectivity index (χ1n) is 5.82. The molecule has 1 saturated carbocycles. The fourth-order valence-corrected chi connectivity index (χ4v) is 2.38. The number of nitrogens with two attached hydrogens (primary N) is 1. The highest BCUT2D eigenvalue weighted by atomic mass is 16.3. The van der Waals surface area contributed by atoms with Crippen LogP contribution in [-0.2, 0) is 0 Å². The SMILES string of the molecule is CC1CCC(C(CN)NCCO)CC1. The summed E-state index contributed by atoms with van der Waals surface area (Å²) < 4.78 is 0. The van der Waals surface area contributed by atoms with Gasteiger partial charge < -0.3 is 16.2 Å². The molecule has 84 valence electrons. The lowest BCUT2D eigenvalue weighted by atomic mass is 9.79. The Labute approximate surface area is 87.1 Å². The topological polar surface area (TPSA) is 58.3 Å². The summed E-state index contributed by atoms with van der Waals surface area (Å²) in [6.07, 6.45) is 5.26. The predicted octanol–water partition coefficient (Wildman–Crippen LogP) is 0.722. The number of hydrogen-bond acceptors (Lipinski definition) is 3. The summed E-state index contributed by atoms with van der Waals surface area (Å²) in [6, 6.07) is 0.412. The molecule has 0 aromatic carbocycles. The first-order chi connectivity index (χ1) is 6.77. The summed E-state index contributed by atoms with van der Waals surface area (Å²) >= 11 is 0. The number of nitrogens with one attached hydrogen (secondary N) is 1. The summed E-state index contributed by atoms with van der Waals surface area (Å²) in [7, 11) is 0. The van der Waals surface area contributed by atoms with Crippen LogP contribution in [0.25, 0.3) is 0 Å². The molecule has 0 aliphatic heterocycles. The van der Waals surface area contributed by atoms with Gasteiger partial charge in [0.05, 0.1) is 6.61 Å². The van der Waals surface area contributed by atoms with E-state index in [1.54, 1.807) is 0 Å². The number of aliphatic hydroxyl groups is 1. The van der Waals surface area contributed by atoms with Gasteiger partial charge in [-0.1, -0.05) is 19.8 Å². The smallest absolute Gasteiger partial charge is 0.0556 e. The lowest BCUT2D eigenvalue weighted by Crippen LogP contribution is -2.44. The standard InChI is InChI=1S/C11H24N2O/c1-9-2-4-10(5-3-9)11(8-12)13-6-7-14/h9-11,13-14H,2-8,12H2,1H3. The molecule has 0 amide bonds. The summed E-state index contributed by atoms with van der Waals surface area (Å²) in [4.78, 5) is 0. The second-order valence-corrected chi connectivity index (χ2v) is 4.54. The molecule has 1 aliphatic carbocycles. The molecular weight excluding hydrogens is 176 g/mol. The van der Waals surface area contributed by atoms with Gasteiger partial charge in [0.15, 0.2) is 0 Å². The van der Waals surface area contributed by atoms with Crippen LogP contribution >= 0.6 is 0 Å². The van der Waals surface area contributed by atoms with Gasteiger partial charge in [-0.15, -0.1) is 0 Å². The van der Waals surface area contributed by atoms with Crippen LogP contribution in [0.2, 0.25) is 0 Å². The van der Waals surface area contributed by atoms with Crippen molar-refractivity contribution in [3.8, 4) is 0 Å². The van der Waals surface area contributed by atoms with Crippen molar-refractivity contribution >= 4 is 0 Å². The minimum absolute atomic E-state index is 0.208. The Morgan fingerprint density at radius 3 is 2.50 bits per heavy atom. The number of hydrogen-bond donors (Lipinski definition) is 3. The molecule has 1 aliphatic rings. The van der Waals surface area contributed by atoms with E-state index < -0.39 is 0 Å². The minimum atomic E-state index is 0.208. The van der Waals surface area contributed by atoms with Gasteiger partial charge in [0.25, 0.3) is 0 Å². The molecule has 3 heteroatoms. The third-order valence-corrected chi connectivity index (χ3v) is 3.40. The van der Waals surface area contributed by atoms with Crippen molar-refractivity contribution in [2.45, 2.75) is 38.6 Å². The van der Waals surface area contributed by atoms with Gasteiger partial charge in [-0.3, -0.25) is 0 Å². The van der Waals surface area contributed by atoms with Crippen LogP contribution in [0.3, 0.4) is 0 Å². The lowest BCUT2D eigenvalue weighted by Gasteiger charge is -2.32. The van der Waals surface area contributed by atoms with E-state index in [2.05, 4.69) is 12.2 Å². The molecule has 0 saturated heterocycles. The summed E-state index contributed by atoms with van der Waals surface area (Å²) in [5.41, 5.74) is 5.73. The van der Waals surface area contributed by atoms with Crippen LogP contribution in [0.15, 0.2) is 0 Å². The maximum absolute atomic E-state index is 8.75. The summed E-state index contributed by atoms with van der Waals surface area (Å²) in [5, 5.41) is 12.1. The Morgan fingerprint density at radius 1 is 1.36 bits per heavy atom. The molecule has 14 heavy (non-hydrogen) atoms. The van der Waals surface area contributed by atoms with Crippen LogP contribution in [-0.4, -0.2) is 30.8 Å². The maximum atomic E-state index is 8.75.